The SMILES string of the molecule is CCc1ccc(-c2ccc3c(c2)c(=O)oc2c(F)c(F)ccc23)cc1. The molecular formula is C21H14F2O2. The van der Waals surface area contributed by atoms with Gasteiger partial charge < -0.3 is 4.42 Å². The van der Waals surface area contributed by atoms with E-state index in [0.717, 1.165) is 23.6 Å². The van der Waals surface area contributed by atoms with Gasteiger partial charge in [0.25, 0.3) is 0 Å². The molecule has 4 rings (SSSR count). The van der Waals surface area contributed by atoms with Gasteiger partial charge in [-0.15, -0.1) is 0 Å². The van der Waals surface area contributed by atoms with Gasteiger partial charge in [0.1, 0.15) is 0 Å². The molecule has 4 heteroatoms. The Balaban J connectivity index is 1.97. The largest absolute Gasteiger partial charge is 0.419 e. The van der Waals surface area contributed by atoms with E-state index < -0.39 is 17.3 Å². The smallest absolute Gasteiger partial charge is 0.344 e. The highest BCUT2D eigenvalue weighted by atomic mass is 19.2. The summed E-state index contributed by atoms with van der Waals surface area (Å²) >= 11 is 0. The van der Waals surface area contributed by atoms with Crippen molar-refractivity contribution in [2.75, 3.05) is 0 Å². The highest BCUT2D eigenvalue weighted by molar-refractivity contribution is 6.05. The van der Waals surface area contributed by atoms with Crippen molar-refractivity contribution in [1.82, 2.24) is 0 Å². The van der Waals surface area contributed by atoms with Gasteiger partial charge >= 0.3 is 5.63 Å². The first-order valence-corrected chi connectivity index (χ1v) is 8.02. The van der Waals surface area contributed by atoms with Gasteiger partial charge in [-0.05, 0) is 41.3 Å². The first-order chi connectivity index (χ1) is 12.1. The highest BCUT2D eigenvalue weighted by Crippen LogP contribution is 2.29. The summed E-state index contributed by atoms with van der Waals surface area (Å²) in [4.78, 5) is 12.3. The van der Waals surface area contributed by atoms with E-state index in [-0.39, 0.29) is 5.58 Å². The van der Waals surface area contributed by atoms with E-state index in [2.05, 4.69) is 6.92 Å². The molecule has 0 aliphatic heterocycles. The van der Waals surface area contributed by atoms with Crippen LogP contribution in [0.2, 0.25) is 0 Å². The summed E-state index contributed by atoms with van der Waals surface area (Å²) in [6.07, 6.45) is 0.954. The minimum absolute atomic E-state index is 0.343. The molecule has 124 valence electrons. The Hall–Kier alpha value is -3.01. The molecule has 0 bridgehead atoms. The molecule has 0 atom stereocenters. The number of halogens is 2. The summed E-state index contributed by atoms with van der Waals surface area (Å²) in [5.74, 6) is -2.18. The van der Waals surface area contributed by atoms with E-state index >= 15 is 0 Å². The predicted octanol–water partition coefficient (Wildman–Crippen LogP) is 5.45. The quantitative estimate of drug-likeness (QED) is 0.360. The number of rotatable bonds is 2. The standard InChI is InChI=1S/C21H14F2O2/c1-2-12-3-5-13(6-4-12)14-7-8-15-16-9-10-18(22)19(23)20(16)25-21(24)17(15)11-14/h3-11H,2H2,1H3. The maximum absolute atomic E-state index is 13.9. The molecule has 0 amide bonds. The van der Waals surface area contributed by atoms with Gasteiger partial charge in [-0.2, -0.15) is 4.39 Å². The van der Waals surface area contributed by atoms with Gasteiger partial charge in [-0.3, -0.25) is 0 Å². The molecule has 0 unspecified atom stereocenters. The lowest BCUT2D eigenvalue weighted by molar-refractivity contribution is 0.480. The first kappa shape index (κ1) is 15.5. The van der Waals surface area contributed by atoms with Crippen LogP contribution in [-0.2, 0) is 6.42 Å². The van der Waals surface area contributed by atoms with Crippen LogP contribution in [0.15, 0.2) is 63.8 Å². The molecule has 2 nitrogen and oxygen atoms in total. The molecule has 0 radical (unpaired) electrons. The van der Waals surface area contributed by atoms with Crippen LogP contribution in [0, 0.1) is 11.6 Å². The third kappa shape index (κ3) is 2.50. The van der Waals surface area contributed by atoms with Crippen molar-refractivity contribution in [3.8, 4) is 11.1 Å². The predicted molar refractivity (Wildman–Crippen MR) is 94.7 cm³/mol. The lowest BCUT2D eigenvalue weighted by atomic mass is 9.99. The van der Waals surface area contributed by atoms with Crippen molar-refractivity contribution in [3.63, 3.8) is 0 Å². The molecule has 4 aromatic rings. The maximum Gasteiger partial charge on any atom is 0.344 e. The Morgan fingerprint density at radius 1 is 0.840 bits per heavy atom. The Labute approximate surface area is 142 Å². The van der Waals surface area contributed by atoms with E-state index in [9.17, 15) is 13.6 Å². The molecule has 0 fully saturated rings. The van der Waals surface area contributed by atoms with Crippen LogP contribution in [0.3, 0.4) is 0 Å². The fourth-order valence-electron chi connectivity index (χ4n) is 3.05. The minimum Gasteiger partial charge on any atom is -0.419 e. The Kier molecular flexibility index (Phi) is 3.61. The van der Waals surface area contributed by atoms with Gasteiger partial charge in [0.05, 0.1) is 5.39 Å². The second-order valence-corrected chi connectivity index (χ2v) is 5.94. The van der Waals surface area contributed by atoms with Crippen LogP contribution >= 0.6 is 0 Å². The van der Waals surface area contributed by atoms with Gasteiger partial charge in [0.2, 0.25) is 5.82 Å². The topological polar surface area (TPSA) is 30.2 Å². The van der Waals surface area contributed by atoms with Crippen molar-refractivity contribution in [2.24, 2.45) is 0 Å². The van der Waals surface area contributed by atoms with E-state index in [1.807, 2.05) is 30.3 Å². The van der Waals surface area contributed by atoms with E-state index in [1.54, 1.807) is 12.1 Å². The zero-order valence-corrected chi connectivity index (χ0v) is 13.5. The molecule has 0 saturated carbocycles. The molecule has 0 aliphatic carbocycles. The van der Waals surface area contributed by atoms with Crippen molar-refractivity contribution in [2.45, 2.75) is 13.3 Å². The van der Waals surface area contributed by atoms with Crippen LogP contribution < -0.4 is 5.63 Å². The van der Waals surface area contributed by atoms with E-state index in [4.69, 9.17) is 4.42 Å². The highest BCUT2D eigenvalue weighted by Gasteiger charge is 2.15. The van der Waals surface area contributed by atoms with Gasteiger partial charge in [0.15, 0.2) is 11.4 Å². The molecule has 0 aliphatic rings. The zero-order valence-electron chi connectivity index (χ0n) is 13.5. The summed E-state index contributed by atoms with van der Waals surface area (Å²) in [6, 6.07) is 15.9. The second kappa shape index (κ2) is 5.81. The van der Waals surface area contributed by atoms with Crippen molar-refractivity contribution in [1.29, 1.82) is 0 Å². The fourth-order valence-corrected chi connectivity index (χ4v) is 3.05. The third-order valence-corrected chi connectivity index (χ3v) is 4.47. The maximum atomic E-state index is 13.9. The second-order valence-electron chi connectivity index (χ2n) is 5.94. The molecule has 0 N–H and O–H groups in total. The third-order valence-electron chi connectivity index (χ3n) is 4.47. The van der Waals surface area contributed by atoms with Gasteiger partial charge in [-0.1, -0.05) is 43.3 Å². The van der Waals surface area contributed by atoms with Gasteiger partial charge in [-0.25, -0.2) is 9.18 Å². The number of hydrogen-bond acceptors (Lipinski definition) is 2. The Bertz CT molecular complexity index is 1160. The summed E-state index contributed by atoms with van der Waals surface area (Å²) in [7, 11) is 0. The summed E-state index contributed by atoms with van der Waals surface area (Å²) in [5, 5.41) is 1.26. The van der Waals surface area contributed by atoms with Crippen LogP contribution in [-0.4, -0.2) is 0 Å². The average molecular weight is 336 g/mol. The van der Waals surface area contributed by atoms with Crippen LogP contribution in [0.1, 0.15) is 12.5 Å². The van der Waals surface area contributed by atoms with Crippen molar-refractivity contribution in [3.05, 3.63) is 82.2 Å². The number of hydrogen-bond donors (Lipinski definition) is 0. The van der Waals surface area contributed by atoms with Crippen molar-refractivity contribution < 1.29 is 13.2 Å². The molecule has 25 heavy (non-hydrogen) atoms. The van der Waals surface area contributed by atoms with E-state index in [1.165, 1.54) is 11.6 Å². The van der Waals surface area contributed by atoms with Crippen LogP contribution in [0.25, 0.3) is 32.9 Å². The summed E-state index contributed by atoms with van der Waals surface area (Å²) in [6.45, 7) is 2.09. The van der Waals surface area contributed by atoms with Crippen LogP contribution in [0.5, 0.6) is 0 Å². The Morgan fingerprint density at radius 3 is 2.24 bits per heavy atom. The van der Waals surface area contributed by atoms with Gasteiger partial charge in [0, 0.05) is 10.8 Å². The fraction of sp³-hybridized carbons (Fsp3) is 0.0952. The molecule has 1 aromatic heterocycles. The molecule has 3 aromatic carbocycles. The molecule has 1 heterocycles. The minimum atomic E-state index is -1.14. The number of aryl methyl sites for hydroxylation is 1. The monoisotopic (exact) mass is 336 g/mol. The number of benzene rings is 3. The van der Waals surface area contributed by atoms with Crippen molar-refractivity contribution >= 4 is 21.7 Å². The molecule has 0 spiro atoms. The number of fused-ring (bicyclic) bond motifs is 3. The summed E-state index contributed by atoms with van der Waals surface area (Å²) in [5.41, 5.74) is 2.04. The lowest BCUT2D eigenvalue weighted by Crippen LogP contribution is -2.02. The molecule has 0 saturated heterocycles. The normalized spacial score (nSPS) is 11.3. The molecular weight excluding hydrogens is 322 g/mol. The van der Waals surface area contributed by atoms with E-state index in [0.29, 0.717) is 16.2 Å². The average Bonchev–Trinajstić information content (AvgIpc) is 2.65. The summed E-state index contributed by atoms with van der Waals surface area (Å²) < 4.78 is 32.3. The van der Waals surface area contributed by atoms with Crippen LogP contribution in [0.4, 0.5) is 8.78 Å². The zero-order chi connectivity index (χ0) is 17.6. The lowest BCUT2D eigenvalue weighted by Gasteiger charge is -2.07. The first-order valence-electron chi connectivity index (χ1n) is 8.02. The Morgan fingerprint density at radius 2 is 1.52 bits per heavy atom.